The highest BCUT2D eigenvalue weighted by atomic mass is 79.9. The number of hydrogen-bond acceptors (Lipinski definition) is 8. The van der Waals surface area contributed by atoms with Gasteiger partial charge in [0.05, 0.1) is 37.0 Å². The van der Waals surface area contributed by atoms with Crippen molar-refractivity contribution in [2.24, 2.45) is 28.6 Å². The van der Waals surface area contributed by atoms with E-state index in [1.54, 1.807) is 30.3 Å². The average molecular weight is 573 g/mol. The van der Waals surface area contributed by atoms with E-state index in [0.29, 0.717) is 29.3 Å². The first kappa shape index (κ1) is 25.7. The molecule has 7 atom stereocenters. The molecule has 0 radical (unpaired) electrons. The molecule has 0 bridgehead atoms. The summed E-state index contributed by atoms with van der Waals surface area (Å²) < 4.78 is 22.5. The molecule has 3 aliphatic rings. The minimum atomic E-state index is -1.15. The number of halogens is 1. The van der Waals surface area contributed by atoms with Gasteiger partial charge in [-0.2, -0.15) is 0 Å². The van der Waals surface area contributed by atoms with Crippen LogP contribution in [0.4, 0.5) is 0 Å². The first-order valence-corrected chi connectivity index (χ1v) is 13.2. The minimum absolute atomic E-state index is 0.0328. The Balaban J connectivity index is 1.54. The molecule has 1 aromatic heterocycles. The summed E-state index contributed by atoms with van der Waals surface area (Å²) in [7, 11) is 1.32. The number of fused-ring (bicyclic) bond motifs is 3. The molecule has 1 saturated heterocycles. The smallest absolute Gasteiger partial charge is 0.339 e. The Labute approximate surface area is 223 Å². The molecule has 3 fully saturated rings. The summed E-state index contributed by atoms with van der Waals surface area (Å²) in [6, 6.07) is 8.53. The predicted molar refractivity (Wildman–Crippen MR) is 133 cm³/mol. The van der Waals surface area contributed by atoms with Crippen LogP contribution in [0.15, 0.2) is 51.7 Å². The maximum Gasteiger partial charge on any atom is 0.339 e. The highest BCUT2D eigenvalue weighted by molar-refractivity contribution is 9.10. The van der Waals surface area contributed by atoms with E-state index in [4.69, 9.17) is 18.6 Å². The molecule has 7 unspecified atom stereocenters. The van der Waals surface area contributed by atoms with E-state index in [-0.39, 0.29) is 23.7 Å². The van der Waals surface area contributed by atoms with Crippen LogP contribution >= 0.6 is 15.9 Å². The molecule has 1 aliphatic heterocycles. The van der Waals surface area contributed by atoms with E-state index in [0.717, 1.165) is 0 Å². The van der Waals surface area contributed by atoms with Gasteiger partial charge in [0.1, 0.15) is 6.10 Å². The van der Waals surface area contributed by atoms with Crippen LogP contribution in [0.5, 0.6) is 0 Å². The number of carbonyl (C=O) groups is 4. The van der Waals surface area contributed by atoms with Gasteiger partial charge in [-0.15, -0.1) is 0 Å². The van der Waals surface area contributed by atoms with E-state index in [9.17, 15) is 19.2 Å². The zero-order chi connectivity index (χ0) is 26.5. The molecule has 2 saturated carbocycles. The Morgan fingerprint density at radius 3 is 2.54 bits per heavy atom. The van der Waals surface area contributed by atoms with Crippen LogP contribution in [-0.4, -0.2) is 36.9 Å². The van der Waals surface area contributed by atoms with Gasteiger partial charge in [-0.25, -0.2) is 4.79 Å². The summed E-state index contributed by atoms with van der Waals surface area (Å²) in [5.41, 5.74) is -0.603. The largest absolute Gasteiger partial charge is 0.472 e. The third kappa shape index (κ3) is 4.11. The standard InChI is InChI=1S/C28H29BrO8/c1-27-10-8-17-26(33)37-21(15-9-11-35-14-15)13-28(17,2)23(27)22(30)20(12-18(27)25(32)34-3)36-24(31)16-6-4-5-7-19(16)29/h4-7,9,11,14,17-18,20-21,23H,8,10,12-13H2,1-3H3. The van der Waals surface area contributed by atoms with Crippen LogP contribution in [0.3, 0.4) is 0 Å². The molecule has 0 amide bonds. The molecule has 9 heteroatoms. The second kappa shape index (κ2) is 9.42. The Morgan fingerprint density at radius 2 is 1.86 bits per heavy atom. The van der Waals surface area contributed by atoms with E-state index >= 15 is 0 Å². The lowest BCUT2D eigenvalue weighted by atomic mass is 9.43. The number of benzene rings is 1. The Hall–Kier alpha value is -2.94. The van der Waals surface area contributed by atoms with Crippen LogP contribution in [0.25, 0.3) is 0 Å². The van der Waals surface area contributed by atoms with E-state index < -0.39 is 52.7 Å². The van der Waals surface area contributed by atoms with Gasteiger partial charge in [-0.3, -0.25) is 14.4 Å². The lowest BCUT2D eigenvalue weighted by molar-refractivity contribution is -0.208. The topological polar surface area (TPSA) is 109 Å². The fraction of sp³-hybridized carbons (Fsp3) is 0.500. The van der Waals surface area contributed by atoms with Gasteiger partial charge in [-0.1, -0.05) is 26.0 Å². The van der Waals surface area contributed by atoms with Crippen molar-refractivity contribution in [1.29, 1.82) is 0 Å². The van der Waals surface area contributed by atoms with E-state index in [1.807, 2.05) is 13.8 Å². The molecule has 5 rings (SSSR count). The number of ketones is 1. The van der Waals surface area contributed by atoms with Crippen LogP contribution in [0, 0.1) is 28.6 Å². The van der Waals surface area contributed by atoms with Crippen molar-refractivity contribution in [2.45, 2.75) is 51.7 Å². The van der Waals surface area contributed by atoms with Crippen molar-refractivity contribution in [2.75, 3.05) is 7.11 Å². The molecular weight excluding hydrogens is 544 g/mol. The summed E-state index contributed by atoms with van der Waals surface area (Å²) in [5.74, 6) is -3.67. The summed E-state index contributed by atoms with van der Waals surface area (Å²) >= 11 is 3.35. The predicted octanol–water partition coefficient (Wildman–Crippen LogP) is 5.06. The lowest BCUT2D eigenvalue weighted by Crippen LogP contribution is -2.64. The number of cyclic esters (lactones) is 1. The van der Waals surface area contributed by atoms with Crippen molar-refractivity contribution < 1.29 is 37.8 Å². The molecule has 2 heterocycles. The van der Waals surface area contributed by atoms with Crippen molar-refractivity contribution in [3.8, 4) is 0 Å². The van der Waals surface area contributed by atoms with Gasteiger partial charge in [0.25, 0.3) is 0 Å². The fourth-order valence-electron chi connectivity index (χ4n) is 7.08. The maximum absolute atomic E-state index is 14.2. The molecule has 196 valence electrons. The van der Waals surface area contributed by atoms with Crippen molar-refractivity contribution in [1.82, 2.24) is 0 Å². The van der Waals surface area contributed by atoms with Crippen molar-refractivity contribution >= 4 is 39.6 Å². The minimum Gasteiger partial charge on any atom is -0.472 e. The zero-order valence-electron chi connectivity index (χ0n) is 20.9. The number of Topliss-reactive ketones (excluding diaryl/α,β-unsaturated/α-hetero) is 1. The van der Waals surface area contributed by atoms with Gasteiger partial charge in [0.15, 0.2) is 11.9 Å². The third-order valence-electron chi connectivity index (χ3n) is 8.85. The third-order valence-corrected chi connectivity index (χ3v) is 9.54. The lowest BCUT2D eigenvalue weighted by Gasteiger charge is -2.61. The molecular formula is C28H29BrO8. The molecule has 0 spiro atoms. The summed E-state index contributed by atoms with van der Waals surface area (Å²) in [6.07, 6.45) is 2.69. The quantitative estimate of drug-likeness (QED) is 0.369. The zero-order valence-corrected chi connectivity index (χ0v) is 22.5. The van der Waals surface area contributed by atoms with Crippen LogP contribution in [0.2, 0.25) is 0 Å². The van der Waals surface area contributed by atoms with Gasteiger partial charge >= 0.3 is 17.9 Å². The number of esters is 3. The van der Waals surface area contributed by atoms with Crippen LogP contribution < -0.4 is 0 Å². The molecule has 37 heavy (non-hydrogen) atoms. The second-order valence-corrected chi connectivity index (χ2v) is 11.7. The highest BCUT2D eigenvalue weighted by Crippen LogP contribution is 2.65. The van der Waals surface area contributed by atoms with E-state index in [2.05, 4.69) is 15.9 Å². The summed E-state index contributed by atoms with van der Waals surface area (Å²) in [4.78, 5) is 53.6. The van der Waals surface area contributed by atoms with Gasteiger partial charge in [0.2, 0.25) is 0 Å². The summed E-state index contributed by atoms with van der Waals surface area (Å²) in [5, 5.41) is 0. The van der Waals surface area contributed by atoms with Crippen molar-refractivity contribution in [3.63, 3.8) is 0 Å². The van der Waals surface area contributed by atoms with Crippen molar-refractivity contribution in [3.05, 3.63) is 58.5 Å². The first-order valence-electron chi connectivity index (χ1n) is 12.4. The fourth-order valence-corrected chi connectivity index (χ4v) is 7.53. The highest BCUT2D eigenvalue weighted by Gasteiger charge is 2.67. The molecule has 1 aromatic carbocycles. The number of hydrogen-bond donors (Lipinski definition) is 0. The number of furan rings is 1. The molecule has 8 nitrogen and oxygen atoms in total. The SMILES string of the molecule is COC(=O)C1CC(OC(=O)c2ccccc2Br)C(=O)C2C1(C)CCC1C(=O)OC(c3ccoc3)CC12C. The number of rotatable bonds is 4. The maximum atomic E-state index is 14.2. The second-order valence-electron chi connectivity index (χ2n) is 10.8. The Kier molecular flexibility index (Phi) is 6.54. The van der Waals surface area contributed by atoms with Gasteiger partial charge < -0.3 is 18.6 Å². The molecule has 2 aliphatic carbocycles. The van der Waals surface area contributed by atoms with Crippen LogP contribution in [0.1, 0.15) is 61.6 Å². The number of ether oxygens (including phenoxy) is 3. The molecule has 2 aromatic rings. The Morgan fingerprint density at radius 1 is 1.11 bits per heavy atom. The van der Waals surface area contributed by atoms with Gasteiger partial charge in [0, 0.05) is 22.4 Å². The number of carbonyl (C=O) groups excluding carboxylic acids is 4. The summed E-state index contributed by atoms with van der Waals surface area (Å²) in [6.45, 7) is 3.86. The average Bonchev–Trinajstić information content (AvgIpc) is 3.40. The monoisotopic (exact) mass is 572 g/mol. The van der Waals surface area contributed by atoms with Gasteiger partial charge in [-0.05, 0) is 64.2 Å². The molecule has 0 N–H and O–H groups in total. The van der Waals surface area contributed by atoms with E-state index in [1.165, 1.54) is 19.6 Å². The Bertz CT molecular complexity index is 1240. The normalized spacial score (nSPS) is 35.1. The first-order chi connectivity index (χ1) is 17.6. The number of methoxy groups -OCH3 is 1. The van der Waals surface area contributed by atoms with Crippen LogP contribution in [-0.2, 0) is 28.6 Å².